The number of nitrogens with one attached hydrogen (secondary N) is 1. The number of anilines is 1. The number of nitrogen functional groups attached to an aromatic ring is 1. The second-order valence-corrected chi connectivity index (χ2v) is 8.57. The Balaban J connectivity index is 0.00000385. The van der Waals surface area contributed by atoms with E-state index >= 15 is 0 Å². The predicted molar refractivity (Wildman–Crippen MR) is 105 cm³/mol. The van der Waals surface area contributed by atoms with Crippen molar-refractivity contribution in [3.63, 3.8) is 0 Å². The average molecular weight is 527 g/mol. The first-order chi connectivity index (χ1) is 14.9. The summed E-state index contributed by atoms with van der Waals surface area (Å²) in [5.41, 5.74) is 4.16. The van der Waals surface area contributed by atoms with Crippen molar-refractivity contribution in [3.05, 3.63) is 39.3 Å². The van der Waals surface area contributed by atoms with E-state index in [4.69, 9.17) is 10.6 Å². The van der Waals surface area contributed by atoms with Gasteiger partial charge in [0.1, 0.15) is 17.4 Å². The summed E-state index contributed by atoms with van der Waals surface area (Å²) in [5, 5.41) is 26.3. The third kappa shape index (κ3) is 5.90. The van der Waals surface area contributed by atoms with Crippen LogP contribution in [0.2, 0.25) is 0 Å². The van der Waals surface area contributed by atoms with Crippen molar-refractivity contribution in [2.45, 2.75) is 25.6 Å². The van der Waals surface area contributed by atoms with Crippen molar-refractivity contribution >= 4 is 44.3 Å². The number of carbonyl (C=O) groups is 2. The van der Waals surface area contributed by atoms with Crippen LogP contribution >= 0.6 is 11.3 Å². The zero-order chi connectivity index (χ0) is 23.8. The molecule has 3 heterocycles. The summed E-state index contributed by atoms with van der Waals surface area (Å²) in [6, 6.07) is -1.57. The number of nitrogens with zero attached hydrogens (tertiary/aromatic N) is 4. The van der Waals surface area contributed by atoms with Gasteiger partial charge in [-0.2, -0.15) is 4.73 Å². The van der Waals surface area contributed by atoms with E-state index < -0.39 is 57.7 Å². The molecule has 15 nitrogen and oxygen atoms in total. The molecule has 0 spiro atoms. The standard InChI is InChI=1S/C15H16N6O9S2.K/c1-6-11(14(25)21(6)32(27,28)29)18-13(24)12(8-5-31-15(16)17-8)19-30-4-7-2-9(22)10(23)3-20(7)26;/h2-3,5-6,11,23,26H,4H2,1H3,(H2,16,17)(H,18,24)(H,27,28,29);/q;+1/p-1/b19-12-;/t6-,11-;/m0./s1. The van der Waals surface area contributed by atoms with E-state index in [2.05, 4.69) is 15.5 Å². The maximum Gasteiger partial charge on any atom is 1.00 e. The molecule has 172 valence electrons. The first-order valence-corrected chi connectivity index (χ1v) is 10.8. The number of aromatic hydroxyl groups is 1. The fraction of sp³-hybridized carbons (Fsp3) is 0.267. The quantitative estimate of drug-likeness (QED) is 0.0666. The summed E-state index contributed by atoms with van der Waals surface area (Å²) in [5.74, 6) is -2.81. The molecule has 3 rings (SSSR count). The molecular weight excluding hydrogens is 511 g/mol. The van der Waals surface area contributed by atoms with Crippen LogP contribution in [0.4, 0.5) is 5.13 Å². The van der Waals surface area contributed by atoms with Gasteiger partial charge in [-0.1, -0.05) is 5.16 Å². The number of rotatable bonds is 7. The largest absolute Gasteiger partial charge is 1.00 e. The van der Waals surface area contributed by atoms with Gasteiger partial charge in [0.2, 0.25) is 5.43 Å². The first kappa shape index (κ1) is 27.2. The van der Waals surface area contributed by atoms with E-state index in [9.17, 15) is 37.7 Å². The zero-order valence-corrected chi connectivity index (χ0v) is 21.8. The number of amides is 2. The van der Waals surface area contributed by atoms with E-state index in [0.717, 1.165) is 23.6 Å². The molecule has 0 aromatic carbocycles. The molecule has 0 bridgehead atoms. The number of thiazole rings is 1. The minimum Gasteiger partial charge on any atom is -0.731 e. The molecular formula is C15H15KN6O9S2. The number of nitrogens with two attached hydrogens (primary N) is 1. The van der Waals surface area contributed by atoms with Crippen LogP contribution in [0.3, 0.4) is 0 Å². The van der Waals surface area contributed by atoms with Crippen LogP contribution in [0.25, 0.3) is 0 Å². The maximum atomic E-state index is 12.7. The second-order valence-electron chi connectivity index (χ2n) is 6.43. The molecule has 2 aromatic rings. The van der Waals surface area contributed by atoms with Gasteiger partial charge in [0.15, 0.2) is 33.5 Å². The predicted octanol–water partition coefficient (Wildman–Crippen LogP) is -5.07. The molecule has 1 aliphatic rings. The summed E-state index contributed by atoms with van der Waals surface area (Å²) in [4.78, 5) is 45.0. The molecule has 1 saturated heterocycles. The van der Waals surface area contributed by atoms with Crippen molar-refractivity contribution in [2.75, 3.05) is 5.73 Å². The van der Waals surface area contributed by atoms with E-state index in [0.29, 0.717) is 4.73 Å². The van der Waals surface area contributed by atoms with Gasteiger partial charge in [-0.05, 0) is 6.92 Å². The van der Waals surface area contributed by atoms with Gasteiger partial charge in [-0.3, -0.25) is 14.4 Å². The van der Waals surface area contributed by atoms with Crippen molar-refractivity contribution in [3.8, 4) is 5.75 Å². The topological polar surface area (TPSA) is 230 Å². The van der Waals surface area contributed by atoms with Crippen LogP contribution in [0.1, 0.15) is 18.3 Å². The molecule has 2 atom stereocenters. The smallest absolute Gasteiger partial charge is 0.731 e. The molecule has 1 fully saturated rings. The molecule has 2 amide bonds. The van der Waals surface area contributed by atoms with E-state index in [1.165, 1.54) is 12.3 Å². The summed E-state index contributed by atoms with van der Waals surface area (Å²) < 4.78 is 33.8. The molecule has 0 saturated carbocycles. The fourth-order valence-corrected chi connectivity index (χ4v) is 4.14. The van der Waals surface area contributed by atoms with Crippen molar-refractivity contribution < 1.29 is 89.1 Å². The third-order valence-electron chi connectivity index (χ3n) is 4.30. The van der Waals surface area contributed by atoms with Crippen LogP contribution in [-0.4, -0.2) is 66.9 Å². The van der Waals surface area contributed by atoms with Gasteiger partial charge in [0, 0.05) is 11.4 Å². The summed E-state index contributed by atoms with van der Waals surface area (Å²) in [7, 11) is -5.03. The third-order valence-corrected chi connectivity index (χ3v) is 5.97. The van der Waals surface area contributed by atoms with Crippen LogP contribution in [-0.2, 0) is 31.3 Å². The molecule has 1 aliphatic heterocycles. The second kappa shape index (κ2) is 10.5. The maximum absolute atomic E-state index is 12.7. The Labute approximate surface area is 232 Å². The molecule has 0 aliphatic carbocycles. The normalized spacial score (nSPS) is 18.3. The van der Waals surface area contributed by atoms with E-state index in [1.807, 2.05) is 0 Å². The number of carbonyl (C=O) groups excluding carboxylic acids is 2. The summed E-state index contributed by atoms with van der Waals surface area (Å²) in [6.07, 6.45) is 0.735. The number of β-lactam (4-membered cyclic amide) rings is 1. The van der Waals surface area contributed by atoms with Crippen LogP contribution in [0.15, 0.2) is 27.6 Å². The number of pyridine rings is 1. The Hall–Kier alpha value is -2.06. The molecule has 2 aromatic heterocycles. The Morgan fingerprint density at radius 2 is 2.12 bits per heavy atom. The molecule has 0 radical (unpaired) electrons. The van der Waals surface area contributed by atoms with Crippen LogP contribution in [0.5, 0.6) is 5.75 Å². The summed E-state index contributed by atoms with van der Waals surface area (Å²) >= 11 is 0.971. The minimum atomic E-state index is -5.03. The van der Waals surface area contributed by atoms with Crippen LogP contribution in [0, 0.1) is 0 Å². The number of oxime groups is 1. The minimum absolute atomic E-state index is 0. The van der Waals surface area contributed by atoms with Crippen molar-refractivity contribution in [1.82, 2.24) is 19.3 Å². The van der Waals surface area contributed by atoms with Gasteiger partial charge < -0.3 is 30.8 Å². The van der Waals surface area contributed by atoms with Crippen molar-refractivity contribution in [2.24, 2.45) is 5.16 Å². The molecule has 33 heavy (non-hydrogen) atoms. The Bertz CT molecular complexity index is 1270. The number of hydrogen-bond acceptors (Lipinski definition) is 13. The van der Waals surface area contributed by atoms with Crippen molar-refractivity contribution in [1.29, 1.82) is 0 Å². The number of hydrogen-bond donors (Lipinski definition) is 4. The molecule has 5 N–H and O–H groups in total. The number of aromatic nitrogens is 2. The fourth-order valence-electron chi connectivity index (χ4n) is 2.73. The van der Waals surface area contributed by atoms with Crippen LogP contribution < -0.4 is 67.9 Å². The van der Waals surface area contributed by atoms with Gasteiger partial charge in [0.25, 0.3) is 11.8 Å². The average Bonchev–Trinajstić information content (AvgIpc) is 3.11. The zero-order valence-electron chi connectivity index (χ0n) is 17.0. The Morgan fingerprint density at radius 1 is 1.45 bits per heavy atom. The Morgan fingerprint density at radius 3 is 2.67 bits per heavy atom. The Kier molecular flexibility index (Phi) is 8.62. The van der Waals surface area contributed by atoms with Gasteiger partial charge in [-0.15, -0.1) is 11.3 Å². The monoisotopic (exact) mass is 526 g/mol. The van der Waals surface area contributed by atoms with E-state index in [-0.39, 0.29) is 72.2 Å². The van der Waals surface area contributed by atoms with E-state index in [1.54, 1.807) is 0 Å². The van der Waals surface area contributed by atoms with Gasteiger partial charge >= 0.3 is 51.4 Å². The molecule has 0 unspecified atom stereocenters. The van der Waals surface area contributed by atoms with Gasteiger partial charge in [-0.25, -0.2) is 17.7 Å². The molecule has 18 heteroatoms. The SMILES string of the molecule is C[C@H]1[C@H](NC(=O)/C(=N\OCc2cc(=O)c(O)cn2O)c2csc(N)n2)C(=O)N1S(=O)(=O)[O-].[K+]. The first-order valence-electron chi connectivity index (χ1n) is 8.55. The van der Waals surface area contributed by atoms with Gasteiger partial charge in [0.05, 0.1) is 12.2 Å². The summed E-state index contributed by atoms with van der Waals surface area (Å²) in [6.45, 7) is 0.741.